The van der Waals surface area contributed by atoms with Gasteiger partial charge in [0.2, 0.25) is 5.91 Å². The minimum Gasteiger partial charge on any atom is -0.494 e. The van der Waals surface area contributed by atoms with Gasteiger partial charge in [0.25, 0.3) is 5.91 Å². The monoisotopic (exact) mass is 491 g/mol. The number of aromatic nitrogens is 1. The van der Waals surface area contributed by atoms with E-state index >= 15 is 0 Å². The minimum atomic E-state index is -1.33. The molecule has 3 aromatic carbocycles. The van der Waals surface area contributed by atoms with Crippen LogP contribution in [0.1, 0.15) is 24.1 Å². The molecule has 2 aliphatic heterocycles. The summed E-state index contributed by atoms with van der Waals surface area (Å²) in [6, 6.07) is 29.1. The highest BCUT2D eigenvalue weighted by Crippen LogP contribution is 2.57. The molecule has 4 aromatic rings. The van der Waals surface area contributed by atoms with Gasteiger partial charge in [-0.15, -0.1) is 0 Å². The number of hydrogen-bond donors (Lipinski definition) is 0. The highest BCUT2D eigenvalue weighted by molar-refractivity contribution is 6.28. The molecule has 3 unspecified atom stereocenters. The number of benzene rings is 3. The van der Waals surface area contributed by atoms with Crippen molar-refractivity contribution in [3.8, 4) is 5.75 Å². The van der Waals surface area contributed by atoms with Crippen LogP contribution in [0.4, 0.5) is 11.4 Å². The summed E-state index contributed by atoms with van der Waals surface area (Å²) in [6.45, 7) is 2.43. The van der Waals surface area contributed by atoms with Crippen molar-refractivity contribution >= 4 is 23.2 Å². The van der Waals surface area contributed by atoms with E-state index < -0.39 is 23.5 Å². The molecule has 3 heterocycles. The fraction of sp³-hybridized carbons (Fsp3) is 0.167. The Bertz CT molecular complexity index is 1410. The number of carbonyl (C=O) groups excluding carboxylic acids is 2. The molecule has 184 valence electrons. The number of pyridine rings is 1. The first-order valence-electron chi connectivity index (χ1n) is 12.2. The molecule has 0 bridgehead atoms. The number of imide groups is 1. The van der Waals surface area contributed by atoms with E-state index in [1.165, 1.54) is 4.90 Å². The van der Waals surface area contributed by atoms with Crippen LogP contribution in [0, 0.1) is 0 Å². The van der Waals surface area contributed by atoms with Gasteiger partial charge in [-0.05, 0) is 66.6 Å². The zero-order valence-electron chi connectivity index (χ0n) is 20.2. The van der Waals surface area contributed by atoms with E-state index in [1.54, 1.807) is 41.7 Å². The summed E-state index contributed by atoms with van der Waals surface area (Å²) < 4.78 is 5.55. The van der Waals surface area contributed by atoms with Gasteiger partial charge in [-0.2, -0.15) is 0 Å². The highest BCUT2D eigenvalue weighted by Gasteiger charge is 2.72. The number of hydrogen-bond acceptors (Lipinski definition) is 6. The normalized spacial score (nSPS) is 22.8. The largest absolute Gasteiger partial charge is 0.494 e. The Kier molecular flexibility index (Phi) is 5.70. The Morgan fingerprint density at radius 2 is 1.49 bits per heavy atom. The number of rotatable bonds is 6. The number of ether oxygens (including phenoxy) is 1. The molecule has 2 aliphatic rings. The van der Waals surface area contributed by atoms with Gasteiger partial charge >= 0.3 is 0 Å². The third-order valence-electron chi connectivity index (χ3n) is 6.99. The SMILES string of the molecule is CCOc1ccc(N2C(=O)C3ON(c4ccccc4)C(c4ccncc4)C3(c3ccccc3)C2=O)cc1. The quantitative estimate of drug-likeness (QED) is 0.359. The van der Waals surface area contributed by atoms with Crippen molar-refractivity contribution in [1.29, 1.82) is 0 Å². The van der Waals surface area contributed by atoms with Crippen LogP contribution in [0.3, 0.4) is 0 Å². The average molecular weight is 492 g/mol. The zero-order chi connectivity index (χ0) is 25.4. The van der Waals surface area contributed by atoms with E-state index in [0.29, 0.717) is 23.6 Å². The summed E-state index contributed by atoms with van der Waals surface area (Å²) in [4.78, 5) is 40.6. The lowest BCUT2D eigenvalue weighted by molar-refractivity contribution is -0.126. The molecule has 6 rings (SSSR count). The Morgan fingerprint density at radius 3 is 2.14 bits per heavy atom. The van der Waals surface area contributed by atoms with Crippen LogP contribution in [0.2, 0.25) is 0 Å². The lowest BCUT2D eigenvalue weighted by atomic mass is 9.69. The molecule has 37 heavy (non-hydrogen) atoms. The van der Waals surface area contributed by atoms with E-state index in [-0.39, 0.29) is 5.91 Å². The fourth-order valence-electron chi connectivity index (χ4n) is 5.44. The maximum Gasteiger partial charge on any atom is 0.267 e. The molecule has 0 saturated carbocycles. The molecular weight excluding hydrogens is 466 g/mol. The van der Waals surface area contributed by atoms with E-state index in [1.807, 2.05) is 79.7 Å². The molecule has 0 radical (unpaired) electrons. The van der Waals surface area contributed by atoms with Crippen LogP contribution in [0.15, 0.2) is 109 Å². The Morgan fingerprint density at radius 1 is 0.838 bits per heavy atom. The third-order valence-corrected chi connectivity index (χ3v) is 6.99. The van der Waals surface area contributed by atoms with E-state index in [9.17, 15) is 9.59 Å². The third kappa shape index (κ3) is 3.50. The fourth-order valence-corrected chi connectivity index (χ4v) is 5.44. The molecule has 2 fully saturated rings. The number of nitrogens with zero attached hydrogens (tertiary/aromatic N) is 3. The van der Waals surface area contributed by atoms with Gasteiger partial charge in [0.15, 0.2) is 6.10 Å². The van der Waals surface area contributed by atoms with Crippen molar-refractivity contribution in [3.63, 3.8) is 0 Å². The summed E-state index contributed by atoms with van der Waals surface area (Å²) in [7, 11) is 0. The van der Waals surface area contributed by atoms with Crippen LogP contribution in [-0.2, 0) is 19.8 Å². The first-order chi connectivity index (χ1) is 18.2. The molecule has 0 aliphatic carbocycles. The van der Waals surface area contributed by atoms with Crippen molar-refractivity contribution in [1.82, 2.24) is 4.98 Å². The molecule has 7 heteroatoms. The van der Waals surface area contributed by atoms with Gasteiger partial charge in [-0.25, -0.2) is 9.96 Å². The van der Waals surface area contributed by atoms with E-state index in [2.05, 4.69) is 4.98 Å². The second-order valence-electron chi connectivity index (χ2n) is 8.97. The number of anilines is 2. The Labute approximate surface area is 214 Å². The van der Waals surface area contributed by atoms with Gasteiger partial charge < -0.3 is 4.74 Å². The van der Waals surface area contributed by atoms with Crippen LogP contribution in [0.5, 0.6) is 5.75 Å². The van der Waals surface area contributed by atoms with Crippen LogP contribution < -0.4 is 14.7 Å². The molecule has 2 amide bonds. The molecule has 3 atom stereocenters. The standard InChI is InChI=1S/C30H25N3O4/c1-2-36-25-15-13-23(14-16-25)32-28(34)27-30(29(32)35,22-9-5-3-6-10-22)26(21-17-19-31-20-18-21)33(37-27)24-11-7-4-8-12-24/h3-20,26-27H,2H2,1H3. The number of amides is 2. The molecular formula is C30H25N3O4. The maximum atomic E-state index is 14.6. The van der Waals surface area contributed by atoms with E-state index in [4.69, 9.17) is 9.57 Å². The van der Waals surface area contributed by atoms with Crippen molar-refractivity contribution in [3.05, 3.63) is 121 Å². The van der Waals surface area contributed by atoms with Crippen LogP contribution in [0.25, 0.3) is 0 Å². The first kappa shape index (κ1) is 22.9. The predicted molar refractivity (Wildman–Crippen MR) is 139 cm³/mol. The maximum absolute atomic E-state index is 14.6. The highest BCUT2D eigenvalue weighted by atomic mass is 16.7. The Hall–Kier alpha value is -4.49. The molecule has 2 saturated heterocycles. The smallest absolute Gasteiger partial charge is 0.267 e. The first-order valence-corrected chi connectivity index (χ1v) is 12.2. The van der Waals surface area contributed by atoms with Gasteiger partial charge in [-0.1, -0.05) is 48.5 Å². The minimum absolute atomic E-state index is 0.335. The molecule has 1 aromatic heterocycles. The summed E-state index contributed by atoms with van der Waals surface area (Å²) in [6.07, 6.45) is 2.32. The van der Waals surface area contributed by atoms with Crippen LogP contribution in [-0.4, -0.2) is 29.5 Å². The van der Waals surface area contributed by atoms with Gasteiger partial charge in [0, 0.05) is 12.4 Å². The lowest BCUT2D eigenvalue weighted by Gasteiger charge is -2.35. The topological polar surface area (TPSA) is 72.0 Å². The second-order valence-corrected chi connectivity index (χ2v) is 8.97. The Balaban J connectivity index is 1.56. The number of hydroxylamine groups is 1. The average Bonchev–Trinajstić information content (AvgIpc) is 3.42. The summed E-state index contributed by atoms with van der Waals surface area (Å²) in [5.41, 5.74) is 1.44. The summed E-state index contributed by atoms with van der Waals surface area (Å²) >= 11 is 0. The van der Waals surface area contributed by atoms with Crippen molar-refractivity contribution in [2.75, 3.05) is 16.6 Å². The summed E-state index contributed by atoms with van der Waals surface area (Å²) in [5, 5.41) is 1.71. The number of carbonyl (C=O) groups is 2. The molecule has 7 nitrogen and oxygen atoms in total. The second kappa shape index (κ2) is 9.19. The molecule has 0 spiro atoms. The van der Waals surface area contributed by atoms with Crippen LogP contribution >= 0.6 is 0 Å². The predicted octanol–water partition coefficient (Wildman–Crippen LogP) is 4.85. The number of para-hydroxylation sites is 1. The van der Waals surface area contributed by atoms with Crippen molar-refractivity contribution < 1.29 is 19.2 Å². The van der Waals surface area contributed by atoms with Crippen molar-refractivity contribution in [2.24, 2.45) is 0 Å². The number of fused-ring (bicyclic) bond motifs is 1. The van der Waals surface area contributed by atoms with E-state index in [0.717, 1.165) is 11.3 Å². The zero-order valence-corrected chi connectivity index (χ0v) is 20.2. The van der Waals surface area contributed by atoms with Gasteiger partial charge in [0.05, 0.1) is 18.0 Å². The molecule has 0 N–H and O–H groups in total. The van der Waals surface area contributed by atoms with Gasteiger partial charge in [0.1, 0.15) is 17.2 Å². The van der Waals surface area contributed by atoms with Gasteiger partial charge in [-0.3, -0.25) is 19.4 Å². The summed E-state index contributed by atoms with van der Waals surface area (Å²) in [5.74, 6) is -0.0712. The van der Waals surface area contributed by atoms with Crippen molar-refractivity contribution in [2.45, 2.75) is 24.5 Å². The lowest BCUT2D eigenvalue weighted by Crippen LogP contribution is -2.46.